The molecule has 1 aromatic carbocycles. The van der Waals surface area contributed by atoms with Gasteiger partial charge < -0.3 is 10.1 Å². The van der Waals surface area contributed by atoms with E-state index in [1.54, 1.807) is 40.8 Å². The van der Waals surface area contributed by atoms with Gasteiger partial charge in [-0.15, -0.1) is 0 Å². The van der Waals surface area contributed by atoms with Gasteiger partial charge in [-0.1, -0.05) is 12.1 Å². The lowest BCUT2D eigenvalue weighted by Gasteiger charge is -2.07. The molecule has 0 saturated carbocycles. The fraction of sp³-hybridized carbons (Fsp3) is 0.300. The zero-order valence-electron chi connectivity index (χ0n) is 16.2. The molecule has 0 spiro atoms. The van der Waals surface area contributed by atoms with Crippen LogP contribution in [0.25, 0.3) is 11.1 Å². The Kier molecular flexibility index (Phi) is 5.88. The summed E-state index contributed by atoms with van der Waals surface area (Å²) in [6.07, 6.45) is 7.21. The predicted molar refractivity (Wildman–Crippen MR) is 104 cm³/mol. The highest BCUT2D eigenvalue weighted by molar-refractivity contribution is 5.98. The number of nitrogens with zero attached hydrogens (tertiary/aromatic N) is 4. The Hall–Kier alpha value is -3.42. The number of carbonyl (C=O) groups excluding carboxylic acids is 2. The van der Waals surface area contributed by atoms with Crippen molar-refractivity contribution in [3.8, 4) is 11.1 Å². The lowest BCUT2D eigenvalue weighted by Crippen LogP contribution is -2.24. The van der Waals surface area contributed by atoms with Crippen molar-refractivity contribution in [3.63, 3.8) is 0 Å². The molecule has 8 heteroatoms. The zero-order chi connectivity index (χ0) is 20.1. The summed E-state index contributed by atoms with van der Waals surface area (Å²) in [6.45, 7) is 0.568. The minimum atomic E-state index is -0.513. The maximum absolute atomic E-state index is 12.5. The molecule has 28 heavy (non-hydrogen) atoms. The lowest BCUT2D eigenvalue weighted by atomic mass is 10.0. The van der Waals surface area contributed by atoms with Crippen LogP contribution in [0.5, 0.6) is 0 Å². The summed E-state index contributed by atoms with van der Waals surface area (Å²) in [5.74, 6) is -0.669. The molecule has 2 heterocycles. The van der Waals surface area contributed by atoms with Gasteiger partial charge in [0, 0.05) is 44.2 Å². The lowest BCUT2D eigenvalue weighted by molar-refractivity contribution is 0.0594. The molecule has 0 saturated heterocycles. The largest absolute Gasteiger partial charge is 0.464 e. The number of carbonyl (C=O) groups is 2. The third-order valence-electron chi connectivity index (χ3n) is 4.33. The zero-order valence-corrected chi connectivity index (χ0v) is 16.2. The van der Waals surface area contributed by atoms with Crippen molar-refractivity contribution in [2.45, 2.75) is 12.8 Å². The Morgan fingerprint density at radius 2 is 2.00 bits per heavy atom. The van der Waals surface area contributed by atoms with Crippen LogP contribution >= 0.6 is 0 Å². The van der Waals surface area contributed by atoms with Crippen LogP contribution in [0.2, 0.25) is 0 Å². The molecule has 8 nitrogen and oxygen atoms in total. The molecule has 0 atom stereocenters. The first-order chi connectivity index (χ1) is 13.5. The topological polar surface area (TPSA) is 91.0 Å². The molecular formula is C20H23N5O3. The van der Waals surface area contributed by atoms with Crippen molar-refractivity contribution >= 4 is 11.9 Å². The van der Waals surface area contributed by atoms with Gasteiger partial charge in [-0.2, -0.15) is 10.2 Å². The van der Waals surface area contributed by atoms with E-state index in [2.05, 4.69) is 15.5 Å². The SMILES string of the molecule is COC(=O)c1nn(C)cc1-c1cccc(C(=O)NCCCc2cnn(C)c2)c1. The first-order valence-corrected chi connectivity index (χ1v) is 8.96. The fourth-order valence-corrected chi connectivity index (χ4v) is 2.97. The van der Waals surface area contributed by atoms with E-state index in [0.717, 1.165) is 24.0 Å². The molecule has 0 aliphatic carbocycles. The van der Waals surface area contributed by atoms with Crippen LogP contribution in [0, 0.1) is 0 Å². The number of aromatic nitrogens is 4. The van der Waals surface area contributed by atoms with Gasteiger partial charge in [0.2, 0.25) is 0 Å². The number of aryl methyl sites for hydroxylation is 3. The molecule has 0 fully saturated rings. The second kappa shape index (κ2) is 8.51. The molecule has 0 aliphatic heterocycles. The van der Waals surface area contributed by atoms with E-state index < -0.39 is 5.97 Å². The van der Waals surface area contributed by atoms with E-state index >= 15 is 0 Å². The minimum absolute atomic E-state index is 0.156. The summed E-state index contributed by atoms with van der Waals surface area (Å²) in [4.78, 5) is 24.4. The van der Waals surface area contributed by atoms with E-state index in [0.29, 0.717) is 17.7 Å². The Balaban J connectivity index is 1.66. The standard InChI is InChI=1S/C20H23N5O3/c1-24-12-14(11-22-24)6-5-9-21-19(26)16-8-4-7-15(10-16)17-13-25(2)23-18(17)20(27)28-3/h4,7-8,10-13H,5-6,9H2,1-3H3,(H,21,26). The van der Waals surface area contributed by atoms with Crippen LogP contribution in [0.4, 0.5) is 0 Å². The highest BCUT2D eigenvalue weighted by Gasteiger charge is 2.18. The van der Waals surface area contributed by atoms with Crippen LogP contribution in [-0.2, 0) is 25.3 Å². The second-order valence-corrected chi connectivity index (χ2v) is 6.52. The van der Waals surface area contributed by atoms with Crippen LogP contribution in [0.1, 0.15) is 32.8 Å². The average molecular weight is 381 g/mol. The number of nitrogens with one attached hydrogen (secondary N) is 1. The molecule has 146 valence electrons. The van der Waals surface area contributed by atoms with E-state index in [4.69, 9.17) is 4.74 Å². The second-order valence-electron chi connectivity index (χ2n) is 6.52. The average Bonchev–Trinajstić information content (AvgIpc) is 3.30. The van der Waals surface area contributed by atoms with E-state index in [1.165, 1.54) is 7.11 Å². The minimum Gasteiger partial charge on any atom is -0.464 e. The fourth-order valence-electron chi connectivity index (χ4n) is 2.97. The first-order valence-electron chi connectivity index (χ1n) is 8.96. The van der Waals surface area contributed by atoms with Gasteiger partial charge in [0.15, 0.2) is 5.69 Å². The number of benzene rings is 1. The number of amides is 1. The van der Waals surface area contributed by atoms with Crippen molar-refractivity contribution in [1.29, 1.82) is 0 Å². The monoisotopic (exact) mass is 381 g/mol. The number of hydrogen-bond donors (Lipinski definition) is 1. The highest BCUT2D eigenvalue weighted by Crippen LogP contribution is 2.24. The number of rotatable bonds is 7. The molecule has 3 aromatic rings. The van der Waals surface area contributed by atoms with Crippen molar-refractivity contribution in [1.82, 2.24) is 24.9 Å². The van der Waals surface area contributed by atoms with E-state index in [9.17, 15) is 9.59 Å². The summed E-state index contributed by atoms with van der Waals surface area (Å²) in [6, 6.07) is 7.12. The van der Waals surface area contributed by atoms with Gasteiger partial charge in [0.1, 0.15) is 0 Å². The number of ether oxygens (including phenoxy) is 1. The Labute approximate surface area is 163 Å². The van der Waals surface area contributed by atoms with Crippen molar-refractivity contribution in [2.24, 2.45) is 14.1 Å². The Morgan fingerprint density at radius 1 is 1.18 bits per heavy atom. The third-order valence-corrected chi connectivity index (χ3v) is 4.33. The summed E-state index contributed by atoms with van der Waals surface area (Å²) >= 11 is 0. The highest BCUT2D eigenvalue weighted by atomic mass is 16.5. The maximum atomic E-state index is 12.5. The van der Waals surface area contributed by atoms with Crippen molar-refractivity contribution in [3.05, 3.63) is 59.7 Å². The summed E-state index contributed by atoms with van der Waals surface area (Å²) in [5.41, 5.74) is 3.25. The van der Waals surface area contributed by atoms with Crippen LogP contribution < -0.4 is 5.32 Å². The number of hydrogen-bond acceptors (Lipinski definition) is 5. The molecule has 1 amide bonds. The summed E-state index contributed by atoms with van der Waals surface area (Å²) < 4.78 is 8.11. The molecule has 3 rings (SSSR count). The normalized spacial score (nSPS) is 10.7. The molecular weight excluding hydrogens is 358 g/mol. The first kappa shape index (κ1) is 19.3. The van der Waals surface area contributed by atoms with E-state index in [1.807, 2.05) is 25.5 Å². The van der Waals surface area contributed by atoms with Gasteiger partial charge in [-0.25, -0.2) is 4.79 Å². The van der Waals surface area contributed by atoms with Crippen LogP contribution in [0.15, 0.2) is 42.9 Å². The van der Waals surface area contributed by atoms with E-state index in [-0.39, 0.29) is 11.6 Å². The summed E-state index contributed by atoms with van der Waals surface area (Å²) in [7, 11) is 4.93. The number of esters is 1. The molecule has 0 aliphatic rings. The predicted octanol–water partition coefficient (Wildman–Crippen LogP) is 1.97. The third kappa shape index (κ3) is 4.46. The maximum Gasteiger partial charge on any atom is 0.359 e. The Morgan fingerprint density at radius 3 is 2.71 bits per heavy atom. The van der Waals surface area contributed by atoms with Crippen molar-refractivity contribution < 1.29 is 14.3 Å². The van der Waals surface area contributed by atoms with Gasteiger partial charge in [-0.05, 0) is 36.1 Å². The van der Waals surface area contributed by atoms with Crippen LogP contribution in [0.3, 0.4) is 0 Å². The quantitative estimate of drug-likeness (QED) is 0.499. The van der Waals surface area contributed by atoms with Crippen molar-refractivity contribution in [2.75, 3.05) is 13.7 Å². The van der Waals surface area contributed by atoms with Gasteiger partial charge in [0.05, 0.1) is 13.3 Å². The molecule has 0 bridgehead atoms. The number of methoxy groups -OCH3 is 1. The van der Waals surface area contributed by atoms with Crippen LogP contribution in [-0.4, -0.2) is 45.1 Å². The van der Waals surface area contributed by atoms with Gasteiger partial charge >= 0.3 is 5.97 Å². The molecule has 1 N–H and O–H groups in total. The summed E-state index contributed by atoms with van der Waals surface area (Å²) in [5, 5.41) is 11.2. The van der Waals surface area contributed by atoms with Gasteiger partial charge in [-0.3, -0.25) is 14.2 Å². The molecule has 0 radical (unpaired) electrons. The van der Waals surface area contributed by atoms with Gasteiger partial charge in [0.25, 0.3) is 5.91 Å². The Bertz CT molecular complexity index is 989. The smallest absolute Gasteiger partial charge is 0.359 e. The molecule has 2 aromatic heterocycles. The molecule has 0 unspecified atom stereocenters.